The molecular weight excluding hydrogens is 232 g/mol. The smallest absolute Gasteiger partial charge is 0.0828 e. The molecule has 1 heterocycles. The van der Waals surface area contributed by atoms with Crippen molar-refractivity contribution in [2.45, 2.75) is 38.7 Å². The Hall–Kier alpha value is -1.34. The normalized spacial score (nSPS) is 30.4. The second-order valence-corrected chi connectivity index (χ2v) is 5.94. The summed E-state index contributed by atoms with van der Waals surface area (Å²) in [4.78, 5) is 0. The molecule has 0 amide bonds. The fraction of sp³-hybridized carbons (Fsp3) is 0.444. The number of rotatable bonds is 2. The van der Waals surface area contributed by atoms with Crippen molar-refractivity contribution >= 4 is 0 Å². The summed E-state index contributed by atoms with van der Waals surface area (Å²) in [6.45, 7) is 5.25. The van der Waals surface area contributed by atoms with E-state index in [9.17, 15) is 0 Å². The zero-order valence-electron chi connectivity index (χ0n) is 11.8. The highest BCUT2D eigenvalue weighted by atomic mass is 16.5. The van der Waals surface area contributed by atoms with E-state index < -0.39 is 0 Å². The van der Waals surface area contributed by atoms with E-state index in [-0.39, 0.29) is 0 Å². The van der Waals surface area contributed by atoms with E-state index >= 15 is 0 Å². The summed E-state index contributed by atoms with van der Waals surface area (Å²) in [5, 5.41) is 0. The highest BCUT2D eigenvalue weighted by molar-refractivity contribution is 5.31. The summed E-state index contributed by atoms with van der Waals surface area (Å²) in [5.41, 5.74) is 4.13. The van der Waals surface area contributed by atoms with Crippen LogP contribution in [0.25, 0.3) is 0 Å². The Kier molecular flexibility index (Phi) is 3.56. The number of benzene rings is 1. The van der Waals surface area contributed by atoms with Gasteiger partial charge < -0.3 is 4.74 Å². The first-order chi connectivity index (χ1) is 9.22. The molecule has 1 heteroatoms. The van der Waals surface area contributed by atoms with Gasteiger partial charge in [0.25, 0.3) is 0 Å². The van der Waals surface area contributed by atoms with Gasteiger partial charge in [0, 0.05) is 5.92 Å². The van der Waals surface area contributed by atoms with Gasteiger partial charge >= 0.3 is 0 Å². The number of aryl methyl sites for hydroxylation is 1. The van der Waals surface area contributed by atoms with E-state index in [1.165, 1.54) is 16.7 Å². The molecule has 1 saturated heterocycles. The minimum absolute atomic E-state index is 0.301. The topological polar surface area (TPSA) is 9.23 Å². The molecule has 1 aliphatic carbocycles. The quantitative estimate of drug-likeness (QED) is 0.760. The molecule has 0 saturated carbocycles. The number of hydrogen-bond donors (Lipinski definition) is 0. The van der Waals surface area contributed by atoms with Crippen LogP contribution in [0.15, 0.2) is 48.1 Å². The fourth-order valence-electron chi connectivity index (χ4n) is 2.91. The second kappa shape index (κ2) is 5.34. The predicted octanol–water partition coefficient (Wildman–Crippen LogP) is 4.39. The highest BCUT2D eigenvalue weighted by Crippen LogP contribution is 2.34. The lowest BCUT2D eigenvalue weighted by atomic mass is 9.90. The van der Waals surface area contributed by atoms with E-state index in [1.807, 2.05) is 0 Å². The van der Waals surface area contributed by atoms with Crippen molar-refractivity contribution in [2.24, 2.45) is 5.92 Å². The summed E-state index contributed by atoms with van der Waals surface area (Å²) in [6, 6.07) is 8.89. The van der Waals surface area contributed by atoms with Gasteiger partial charge in [-0.15, -0.1) is 0 Å². The van der Waals surface area contributed by atoms with Crippen molar-refractivity contribution in [2.75, 3.05) is 6.61 Å². The van der Waals surface area contributed by atoms with Crippen LogP contribution in [0.4, 0.5) is 0 Å². The third kappa shape index (κ3) is 2.82. The molecule has 0 spiro atoms. The van der Waals surface area contributed by atoms with Crippen molar-refractivity contribution in [3.63, 3.8) is 0 Å². The maximum Gasteiger partial charge on any atom is 0.0828 e. The Morgan fingerprint density at radius 2 is 1.95 bits per heavy atom. The maximum atomic E-state index is 6.01. The van der Waals surface area contributed by atoms with Crippen LogP contribution in [-0.2, 0) is 4.74 Å². The van der Waals surface area contributed by atoms with Gasteiger partial charge in [-0.2, -0.15) is 0 Å². The summed E-state index contributed by atoms with van der Waals surface area (Å²) >= 11 is 0. The molecule has 2 aliphatic rings. The minimum atomic E-state index is 0.301. The van der Waals surface area contributed by atoms with Crippen molar-refractivity contribution in [3.8, 4) is 0 Å². The average molecular weight is 254 g/mol. The summed E-state index contributed by atoms with van der Waals surface area (Å²) < 4.78 is 6.01. The molecule has 0 radical (unpaired) electrons. The summed E-state index contributed by atoms with van der Waals surface area (Å²) in [6.07, 6.45) is 9.49. The van der Waals surface area contributed by atoms with E-state index in [1.54, 1.807) is 0 Å². The molecule has 0 N–H and O–H groups in total. The van der Waals surface area contributed by atoms with Gasteiger partial charge in [-0.1, -0.05) is 55.0 Å². The molecule has 3 unspecified atom stereocenters. The van der Waals surface area contributed by atoms with Gasteiger partial charge in [0.2, 0.25) is 0 Å². The summed E-state index contributed by atoms with van der Waals surface area (Å²) in [5.74, 6) is 1.23. The van der Waals surface area contributed by atoms with Crippen molar-refractivity contribution in [3.05, 3.63) is 59.2 Å². The van der Waals surface area contributed by atoms with Crippen LogP contribution in [-0.4, -0.2) is 12.7 Å². The van der Waals surface area contributed by atoms with Gasteiger partial charge in [-0.25, -0.2) is 0 Å². The fourth-order valence-corrected chi connectivity index (χ4v) is 2.91. The Bertz CT molecular complexity index is 495. The molecule has 0 bridgehead atoms. The molecule has 100 valence electrons. The molecule has 1 aromatic rings. The molecule has 1 nitrogen and oxygen atoms in total. The number of allylic oxidation sites excluding steroid dienone is 2. The minimum Gasteiger partial charge on any atom is -0.373 e. The third-order valence-electron chi connectivity index (χ3n) is 4.26. The van der Waals surface area contributed by atoms with Crippen molar-refractivity contribution in [1.82, 2.24) is 0 Å². The third-order valence-corrected chi connectivity index (χ3v) is 4.26. The second-order valence-electron chi connectivity index (χ2n) is 5.94. The lowest BCUT2D eigenvalue weighted by Crippen LogP contribution is -2.10. The molecule has 0 aromatic heterocycles. The van der Waals surface area contributed by atoms with E-state index in [4.69, 9.17) is 4.74 Å². The molecule has 1 fully saturated rings. The van der Waals surface area contributed by atoms with Gasteiger partial charge in [0.1, 0.15) is 0 Å². The molecule has 1 aromatic carbocycles. The Morgan fingerprint density at radius 1 is 1.16 bits per heavy atom. The Labute approximate surface area is 116 Å². The van der Waals surface area contributed by atoms with E-state index in [2.05, 4.69) is 56.3 Å². The lowest BCUT2D eigenvalue weighted by Gasteiger charge is -2.16. The van der Waals surface area contributed by atoms with Crippen LogP contribution in [0.1, 0.15) is 36.8 Å². The van der Waals surface area contributed by atoms with E-state index in [0.29, 0.717) is 17.9 Å². The molecule has 3 rings (SSSR count). The van der Waals surface area contributed by atoms with Crippen molar-refractivity contribution in [1.29, 1.82) is 0 Å². The molecular formula is C18H22O. The highest BCUT2D eigenvalue weighted by Gasteiger charge is 2.28. The van der Waals surface area contributed by atoms with Crippen LogP contribution in [0.2, 0.25) is 0 Å². The standard InChI is InChI=1S/C18H22O/c1-13-3-7-15(8-4-13)17-11-18(19-12-17)16-9-5-14(2)6-10-16/h3-5,7-10,14,17-18H,6,11-12H2,1-2H3. The number of hydrogen-bond acceptors (Lipinski definition) is 1. The van der Waals surface area contributed by atoms with Crippen molar-refractivity contribution < 1.29 is 4.74 Å². The van der Waals surface area contributed by atoms with Gasteiger partial charge in [-0.3, -0.25) is 0 Å². The first-order valence-electron chi connectivity index (χ1n) is 7.29. The Morgan fingerprint density at radius 3 is 2.63 bits per heavy atom. The molecule has 19 heavy (non-hydrogen) atoms. The number of ether oxygens (including phenoxy) is 1. The van der Waals surface area contributed by atoms with Crippen LogP contribution < -0.4 is 0 Å². The zero-order chi connectivity index (χ0) is 13.2. The van der Waals surface area contributed by atoms with Crippen LogP contribution >= 0.6 is 0 Å². The summed E-state index contributed by atoms with van der Waals surface area (Å²) in [7, 11) is 0. The van der Waals surface area contributed by atoms with Gasteiger partial charge in [0.15, 0.2) is 0 Å². The molecule has 3 atom stereocenters. The monoisotopic (exact) mass is 254 g/mol. The maximum absolute atomic E-state index is 6.01. The first-order valence-corrected chi connectivity index (χ1v) is 7.29. The van der Waals surface area contributed by atoms with Gasteiger partial charge in [0.05, 0.1) is 12.7 Å². The SMILES string of the molecule is Cc1ccc(C2COC(C3=CCC(C)C=C3)C2)cc1. The lowest BCUT2D eigenvalue weighted by molar-refractivity contribution is 0.137. The van der Waals surface area contributed by atoms with Crippen LogP contribution in [0.5, 0.6) is 0 Å². The Balaban J connectivity index is 1.67. The largest absolute Gasteiger partial charge is 0.373 e. The first kappa shape index (κ1) is 12.7. The van der Waals surface area contributed by atoms with Gasteiger partial charge in [-0.05, 0) is 36.8 Å². The average Bonchev–Trinajstić information content (AvgIpc) is 2.90. The van der Waals surface area contributed by atoms with E-state index in [0.717, 1.165) is 19.4 Å². The zero-order valence-corrected chi connectivity index (χ0v) is 11.8. The predicted molar refractivity (Wildman–Crippen MR) is 79.3 cm³/mol. The van der Waals surface area contributed by atoms with Crippen LogP contribution in [0.3, 0.4) is 0 Å². The van der Waals surface area contributed by atoms with Crippen LogP contribution in [0, 0.1) is 12.8 Å². The molecule has 1 aliphatic heterocycles.